The van der Waals surface area contributed by atoms with Crippen LogP contribution in [0.5, 0.6) is 0 Å². The van der Waals surface area contributed by atoms with Crippen LogP contribution in [0.4, 0.5) is 0 Å². The monoisotopic (exact) mass is 489 g/mol. The van der Waals surface area contributed by atoms with Crippen LogP contribution in [0.2, 0.25) is 0 Å². The highest BCUT2D eigenvalue weighted by atomic mass is 32.2. The molecule has 180 valence electrons. The van der Waals surface area contributed by atoms with Crippen LogP contribution in [0, 0.1) is 19.8 Å². The van der Waals surface area contributed by atoms with Gasteiger partial charge in [-0.25, -0.2) is 23.1 Å². The predicted octanol–water partition coefficient (Wildman–Crippen LogP) is 3.94. The number of fused-ring (bicyclic) bond motifs is 1. The summed E-state index contributed by atoms with van der Waals surface area (Å²) < 4.78 is 30.2. The van der Waals surface area contributed by atoms with Gasteiger partial charge in [0.2, 0.25) is 5.91 Å². The molecule has 0 aliphatic heterocycles. The molecular formula is C26H27N5O3S. The van der Waals surface area contributed by atoms with Crippen molar-refractivity contribution in [2.24, 2.45) is 5.92 Å². The van der Waals surface area contributed by atoms with Crippen molar-refractivity contribution in [3.05, 3.63) is 71.4 Å². The number of nitrogens with one attached hydrogen (secondary N) is 1. The fourth-order valence-corrected chi connectivity index (χ4v) is 5.52. The van der Waals surface area contributed by atoms with Crippen LogP contribution in [0.1, 0.15) is 42.4 Å². The second kappa shape index (κ2) is 8.88. The number of pyridine rings is 2. The first-order chi connectivity index (χ1) is 16.8. The van der Waals surface area contributed by atoms with E-state index in [0.29, 0.717) is 12.1 Å². The molecule has 8 nitrogen and oxygen atoms in total. The summed E-state index contributed by atoms with van der Waals surface area (Å²) in [6, 6.07) is 11.4. The van der Waals surface area contributed by atoms with Gasteiger partial charge < -0.3 is 4.57 Å². The van der Waals surface area contributed by atoms with Crippen molar-refractivity contribution in [3.63, 3.8) is 0 Å². The third-order valence-electron chi connectivity index (χ3n) is 6.28. The molecule has 1 saturated carbocycles. The van der Waals surface area contributed by atoms with Crippen molar-refractivity contribution in [2.45, 2.75) is 51.5 Å². The number of rotatable bonds is 7. The van der Waals surface area contributed by atoms with Crippen molar-refractivity contribution in [2.75, 3.05) is 0 Å². The highest BCUT2D eigenvalue weighted by Crippen LogP contribution is 2.31. The molecule has 1 fully saturated rings. The predicted molar refractivity (Wildman–Crippen MR) is 133 cm³/mol. The van der Waals surface area contributed by atoms with Gasteiger partial charge in [-0.15, -0.1) is 0 Å². The van der Waals surface area contributed by atoms with E-state index >= 15 is 0 Å². The summed E-state index contributed by atoms with van der Waals surface area (Å²) in [5.41, 5.74) is 6.13. The number of benzene rings is 1. The van der Waals surface area contributed by atoms with E-state index in [2.05, 4.69) is 28.1 Å². The molecule has 1 amide bonds. The molecule has 4 aromatic rings. The van der Waals surface area contributed by atoms with Crippen molar-refractivity contribution in [3.8, 4) is 11.1 Å². The lowest BCUT2D eigenvalue weighted by Gasteiger charge is -2.12. The second-order valence-electron chi connectivity index (χ2n) is 9.03. The minimum atomic E-state index is -4.02. The smallest absolute Gasteiger partial charge is 0.266 e. The fourth-order valence-electron chi connectivity index (χ4n) is 4.31. The summed E-state index contributed by atoms with van der Waals surface area (Å²) in [7, 11) is -4.02. The molecule has 1 aliphatic rings. The number of hydrogen-bond acceptors (Lipinski definition) is 6. The third-order valence-corrected chi connectivity index (χ3v) is 7.65. The second-order valence-corrected chi connectivity index (χ2v) is 10.7. The average Bonchev–Trinajstić information content (AvgIpc) is 3.63. The Hall–Kier alpha value is -3.59. The molecule has 1 N–H and O–H groups in total. The lowest BCUT2D eigenvalue weighted by atomic mass is 10.0. The zero-order chi connectivity index (χ0) is 24.7. The Morgan fingerprint density at radius 2 is 1.86 bits per heavy atom. The third kappa shape index (κ3) is 4.55. The molecule has 5 rings (SSSR count). The van der Waals surface area contributed by atoms with Crippen LogP contribution in [-0.2, 0) is 27.8 Å². The van der Waals surface area contributed by atoms with Crippen LogP contribution in [-0.4, -0.2) is 33.8 Å². The summed E-state index contributed by atoms with van der Waals surface area (Å²) in [6.07, 6.45) is 5.07. The number of aryl methyl sites for hydroxylation is 3. The van der Waals surface area contributed by atoms with E-state index in [0.717, 1.165) is 58.6 Å². The van der Waals surface area contributed by atoms with E-state index in [1.165, 1.54) is 6.20 Å². The normalized spacial score (nSPS) is 13.8. The summed E-state index contributed by atoms with van der Waals surface area (Å²) in [4.78, 5) is 25.6. The molecule has 1 aromatic carbocycles. The standard InChI is InChI=1S/C26H27N5O3S/c1-4-23-29-24-16(2)13-17(3)28-25(24)31(23)15-18-5-7-19(8-6-18)21-11-12-27-14-22(21)35(33,34)30-26(32)20-9-10-20/h5-8,11-14,20H,4,9-10,15H2,1-3H3,(H,30,32). The largest absolute Gasteiger partial charge is 0.308 e. The molecule has 35 heavy (non-hydrogen) atoms. The lowest BCUT2D eigenvalue weighted by Crippen LogP contribution is -2.32. The molecule has 1 aliphatic carbocycles. The number of sulfonamides is 1. The van der Waals surface area contributed by atoms with Gasteiger partial charge in [-0.3, -0.25) is 9.78 Å². The van der Waals surface area contributed by atoms with Gasteiger partial charge in [0.1, 0.15) is 16.2 Å². The number of hydrogen-bond donors (Lipinski definition) is 1. The van der Waals surface area contributed by atoms with Gasteiger partial charge in [-0.05, 0) is 55.5 Å². The highest BCUT2D eigenvalue weighted by molar-refractivity contribution is 7.90. The number of amides is 1. The first-order valence-electron chi connectivity index (χ1n) is 11.7. The minimum Gasteiger partial charge on any atom is -0.308 e. The maximum Gasteiger partial charge on any atom is 0.266 e. The van der Waals surface area contributed by atoms with Crippen molar-refractivity contribution in [1.29, 1.82) is 0 Å². The van der Waals surface area contributed by atoms with Crippen molar-refractivity contribution in [1.82, 2.24) is 24.2 Å². The topological polar surface area (TPSA) is 107 Å². The van der Waals surface area contributed by atoms with Gasteiger partial charge in [0.25, 0.3) is 10.0 Å². The maximum absolute atomic E-state index is 12.9. The van der Waals surface area contributed by atoms with Gasteiger partial charge in [0, 0.05) is 36.0 Å². The number of carbonyl (C=O) groups is 1. The van der Waals surface area contributed by atoms with Crippen LogP contribution < -0.4 is 4.72 Å². The molecule has 9 heteroatoms. The zero-order valence-electron chi connectivity index (χ0n) is 19.9. The maximum atomic E-state index is 12.9. The summed E-state index contributed by atoms with van der Waals surface area (Å²) in [6.45, 7) is 6.72. The molecule has 3 heterocycles. The number of aromatic nitrogens is 4. The fraction of sp³-hybridized carbons (Fsp3) is 0.308. The van der Waals surface area contributed by atoms with E-state index in [9.17, 15) is 13.2 Å². The Labute approximate surface area is 204 Å². The van der Waals surface area contributed by atoms with E-state index in [1.807, 2.05) is 37.3 Å². The SMILES string of the molecule is CCc1nc2c(C)cc(C)nc2n1Cc1ccc(-c2ccncc2S(=O)(=O)NC(=O)C2CC2)cc1. The van der Waals surface area contributed by atoms with Crippen LogP contribution in [0.3, 0.4) is 0 Å². The summed E-state index contributed by atoms with van der Waals surface area (Å²) >= 11 is 0. The summed E-state index contributed by atoms with van der Waals surface area (Å²) in [5.74, 6) is 0.311. The van der Waals surface area contributed by atoms with E-state index < -0.39 is 15.9 Å². The number of imidazole rings is 1. The number of carbonyl (C=O) groups excluding carboxylic acids is 1. The quantitative estimate of drug-likeness (QED) is 0.421. The Morgan fingerprint density at radius 1 is 1.11 bits per heavy atom. The molecule has 0 atom stereocenters. The molecule has 0 bridgehead atoms. The average molecular weight is 490 g/mol. The van der Waals surface area contributed by atoms with E-state index in [4.69, 9.17) is 9.97 Å². The van der Waals surface area contributed by atoms with Crippen LogP contribution >= 0.6 is 0 Å². The molecule has 0 spiro atoms. The molecular weight excluding hydrogens is 462 g/mol. The zero-order valence-corrected chi connectivity index (χ0v) is 20.8. The number of nitrogens with zero attached hydrogens (tertiary/aromatic N) is 4. The Bertz CT molecular complexity index is 1540. The van der Waals surface area contributed by atoms with Crippen molar-refractivity contribution < 1.29 is 13.2 Å². The lowest BCUT2D eigenvalue weighted by molar-refractivity contribution is -0.120. The minimum absolute atomic E-state index is 0.00854. The van der Waals surface area contributed by atoms with Gasteiger partial charge in [-0.2, -0.15) is 0 Å². The van der Waals surface area contributed by atoms with Crippen LogP contribution in [0.15, 0.2) is 53.7 Å². The first kappa shape index (κ1) is 23.2. The van der Waals surface area contributed by atoms with Gasteiger partial charge in [-0.1, -0.05) is 31.2 Å². The van der Waals surface area contributed by atoms with Gasteiger partial charge in [0.05, 0.1) is 6.54 Å². The molecule has 0 radical (unpaired) electrons. The highest BCUT2D eigenvalue weighted by Gasteiger charge is 2.33. The van der Waals surface area contributed by atoms with Gasteiger partial charge in [0.15, 0.2) is 5.65 Å². The molecule has 0 saturated heterocycles. The summed E-state index contributed by atoms with van der Waals surface area (Å²) in [5, 5.41) is 0. The Balaban J connectivity index is 1.46. The van der Waals surface area contributed by atoms with E-state index in [1.54, 1.807) is 12.3 Å². The van der Waals surface area contributed by atoms with Crippen LogP contribution in [0.25, 0.3) is 22.3 Å². The Kier molecular flexibility index (Phi) is 5.88. The molecule has 3 aromatic heterocycles. The van der Waals surface area contributed by atoms with E-state index in [-0.39, 0.29) is 10.8 Å². The molecule has 0 unspecified atom stereocenters. The van der Waals surface area contributed by atoms with Crippen molar-refractivity contribution >= 4 is 27.1 Å². The Morgan fingerprint density at radius 3 is 2.54 bits per heavy atom. The van der Waals surface area contributed by atoms with Gasteiger partial charge >= 0.3 is 0 Å². The first-order valence-corrected chi connectivity index (χ1v) is 13.2.